The first kappa shape index (κ1) is 12.1. The van der Waals surface area contributed by atoms with Gasteiger partial charge < -0.3 is 14.4 Å². The molecular weight excluding hydrogens is 244 g/mol. The van der Waals surface area contributed by atoms with Gasteiger partial charge in [-0.15, -0.1) is 0 Å². The first-order valence-corrected chi connectivity index (χ1v) is 5.95. The summed E-state index contributed by atoms with van der Waals surface area (Å²) < 4.78 is 9.69. The molecule has 0 aromatic rings. The fourth-order valence-corrected chi connectivity index (χ4v) is 2.38. The summed E-state index contributed by atoms with van der Waals surface area (Å²) in [5, 5.41) is 0.633. The van der Waals surface area contributed by atoms with Crippen molar-refractivity contribution < 1.29 is 19.1 Å². The average Bonchev–Trinajstić information content (AvgIpc) is 2.72. The summed E-state index contributed by atoms with van der Waals surface area (Å²) in [5.74, 6) is -0.929. The number of esters is 1. The van der Waals surface area contributed by atoms with Gasteiger partial charge in [-0.05, 0) is 11.8 Å². The van der Waals surface area contributed by atoms with Gasteiger partial charge >= 0.3 is 5.97 Å². The van der Waals surface area contributed by atoms with Crippen LogP contribution in [0.25, 0.3) is 0 Å². The van der Waals surface area contributed by atoms with Crippen LogP contribution in [0.15, 0.2) is 16.0 Å². The number of amides is 1. The third-order valence-corrected chi connectivity index (χ3v) is 3.39. The van der Waals surface area contributed by atoms with Gasteiger partial charge in [-0.2, -0.15) is 4.99 Å². The van der Waals surface area contributed by atoms with Crippen LogP contribution in [-0.4, -0.2) is 55.4 Å². The van der Waals surface area contributed by atoms with Crippen molar-refractivity contribution in [2.45, 2.75) is 0 Å². The van der Waals surface area contributed by atoms with Crippen molar-refractivity contribution in [1.29, 1.82) is 0 Å². The van der Waals surface area contributed by atoms with Gasteiger partial charge in [0.1, 0.15) is 0 Å². The van der Waals surface area contributed by atoms with E-state index in [1.807, 2.05) is 4.90 Å². The molecule has 2 aliphatic rings. The van der Waals surface area contributed by atoms with Gasteiger partial charge in [0, 0.05) is 19.2 Å². The van der Waals surface area contributed by atoms with Crippen LogP contribution in [0, 0.1) is 0 Å². The van der Waals surface area contributed by atoms with E-state index in [1.165, 1.54) is 24.9 Å². The standard InChI is InChI=1S/C10H12N2O4S/c1-15-8(13)6-7-9(14)11-10(17-7)12-2-4-16-5-3-12/h6H,2-5H2,1H3. The lowest BCUT2D eigenvalue weighted by atomic mass is 10.4. The number of nitrogens with zero attached hydrogens (tertiary/aromatic N) is 2. The fraction of sp³-hybridized carbons (Fsp3) is 0.500. The van der Waals surface area contributed by atoms with Gasteiger partial charge in [-0.3, -0.25) is 4.79 Å². The van der Waals surface area contributed by atoms with E-state index in [-0.39, 0.29) is 5.91 Å². The van der Waals surface area contributed by atoms with Gasteiger partial charge in [0.15, 0.2) is 5.17 Å². The molecule has 0 bridgehead atoms. The van der Waals surface area contributed by atoms with Gasteiger partial charge in [0.05, 0.1) is 25.2 Å². The lowest BCUT2D eigenvalue weighted by molar-refractivity contribution is -0.135. The largest absolute Gasteiger partial charge is 0.466 e. The maximum Gasteiger partial charge on any atom is 0.331 e. The summed E-state index contributed by atoms with van der Waals surface area (Å²) in [4.78, 5) is 28.8. The van der Waals surface area contributed by atoms with Gasteiger partial charge in [-0.1, -0.05) is 0 Å². The third kappa shape index (κ3) is 2.86. The average molecular weight is 256 g/mol. The molecule has 0 radical (unpaired) electrons. The number of amidine groups is 1. The minimum Gasteiger partial charge on any atom is -0.466 e. The van der Waals surface area contributed by atoms with Gasteiger partial charge in [0.25, 0.3) is 5.91 Å². The molecule has 0 aromatic carbocycles. The molecule has 1 amide bonds. The Morgan fingerprint density at radius 1 is 1.53 bits per heavy atom. The van der Waals surface area contributed by atoms with Crippen LogP contribution in [0.1, 0.15) is 0 Å². The maximum atomic E-state index is 11.5. The van der Waals surface area contributed by atoms with Crippen molar-refractivity contribution >= 4 is 28.8 Å². The molecule has 1 fully saturated rings. The summed E-state index contributed by atoms with van der Waals surface area (Å²) in [5.41, 5.74) is 0. The number of carbonyl (C=O) groups is 2. The van der Waals surface area contributed by atoms with Crippen LogP contribution >= 0.6 is 11.8 Å². The van der Waals surface area contributed by atoms with Crippen LogP contribution in [-0.2, 0) is 19.1 Å². The molecule has 2 rings (SSSR count). The number of rotatable bonds is 1. The van der Waals surface area contributed by atoms with Crippen molar-refractivity contribution in [3.63, 3.8) is 0 Å². The zero-order valence-corrected chi connectivity index (χ0v) is 10.2. The van der Waals surface area contributed by atoms with E-state index < -0.39 is 5.97 Å². The molecule has 0 spiro atoms. The quantitative estimate of drug-likeness (QED) is 0.486. The molecule has 2 heterocycles. The van der Waals surface area contributed by atoms with E-state index in [4.69, 9.17) is 4.74 Å². The highest BCUT2D eigenvalue weighted by Crippen LogP contribution is 2.28. The monoisotopic (exact) mass is 256 g/mol. The van der Waals surface area contributed by atoms with Crippen molar-refractivity contribution in [1.82, 2.24) is 4.90 Å². The summed E-state index contributed by atoms with van der Waals surface area (Å²) in [6, 6.07) is 0. The maximum absolute atomic E-state index is 11.5. The van der Waals surface area contributed by atoms with Crippen LogP contribution in [0.4, 0.5) is 0 Å². The highest BCUT2D eigenvalue weighted by atomic mass is 32.2. The Morgan fingerprint density at radius 2 is 2.24 bits per heavy atom. The van der Waals surface area contributed by atoms with E-state index in [0.29, 0.717) is 36.4 Å². The second-order valence-electron chi connectivity index (χ2n) is 3.43. The topological polar surface area (TPSA) is 68.2 Å². The molecule has 0 unspecified atom stereocenters. The van der Waals surface area contributed by atoms with Crippen LogP contribution in [0.5, 0.6) is 0 Å². The number of methoxy groups -OCH3 is 1. The molecule has 6 nitrogen and oxygen atoms in total. The molecule has 0 atom stereocenters. The number of hydrogen-bond donors (Lipinski definition) is 0. The smallest absolute Gasteiger partial charge is 0.331 e. The molecule has 92 valence electrons. The zero-order chi connectivity index (χ0) is 12.3. The SMILES string of the molecule is COC(=O)C=C1SC(N2CCOCC2)=NC1=O. The lowest BCUT2D eigenvalue weighted by Crippen LogP contribution is -2.38. The number of ether oxygens (including phenoxy) is 2. The normalized spacial score (nSPS) is 22.9. The predicted octanol–water partition coefficient (Wildman–Crippen LogP) is 0.00490. The van der Waals surface area contributed by atoms with Crippen molar-refractivity contribution in [2.24, 2.45) is 4.99 Å². The van der Waals surface area contributed by atoms with Crippen LogP contribution in [0.2, 0.25) is 0 Å². The third-order valence-electron chi connectivity index (χ3n) is 2.34. The molecule has 1 saturated heterocycles. The summed E-state index contributed by atoms with van der Waals surface area (Å²) in [6.45, 7) is 2.68. The Balaban J connectivity index is 2.04. The van der Waals surface area contributed by atoms with E-state index in [9.17, 15) is 9.59 Å². The van der Waals surface area contributed by atoms with Crippen molar-refractivity contribution in [3.05, 3.63) is 11.0 Å². The van der Waals surface area contributed by atoms with Crippen molar-refractivity contribution in [3.8, 4) is 0 Å². The Kier molecular flexibility index (Phi) is 3.80. The zero-order valence-electron chi connectivity index (χ0n) is 9.34. The first-order chi connectivity index (χ1) is 8.20. The molecule has 7 heteroatoms. The fourth-order valence-electron chi connectivity index (χ4n) is 1.45. The van der Waals surface area contributed by atoms with E-state index in [1.54, 1.807) is 0 Å². The number of hydrogen-bond acceptors (Lipinski definition) is 6. The minimum absolute atomic E-state index is 0.304. The lowest BCUT2D eigenvalue weighted by Gasteiger charge is -2.27. The molecule has 0 aromatic heterocycles. The summed E-state index contributed by atoms with van der Waals surface area (Å²) in [6.07, 6.45) is 1.17. The van der Waals surface area contributed by atoms with Crippen LogP contribution in [0.3, 0.4) is 0 Å². The molecule has 17 heavy (non-hydrogen) atoms. The van der Waals surface area contributed by atoms with E-state index in [0.717, 1.165) is 0 Å². The van der Waals surface area contributed by atoms with E-state index in [2.05, 4.69) is 9.73 Å². The number of morpholine rings is 1. The summed E-state index contributed by atoms with van der Waals surface area (Å²) in [7, 11) is 1.27. The van der Waals surface area contributed by atoms with Crippen LogP contribution < -0.4 is 0 Å². The first-order valence-electron chi connectivity index (χ1n) is 5.14. The number of thioether (sulfide) groups is 1. The van der Waals surface area contributed by atoms with Gasteiger partial charge in [0.2, 0.25) is 0 Å². The highest BCUT2D eigenvalue weighted by molar-refractivity contribution is 8.18. The summed E-state index contributed by atoms with van der Waals surface area (Å²) >= 11 is 1.20. The molecule has 0 N–H and O–H groups in total. The Labute approximate surface area is 103 Å². The minimum atomic E-state index is -0.542. The number of carbonyl (C=O) groups excluding carboxylic acids is 2. The molecular formula is C10H12N2O4S. The molecule has 0 saturated carbocycles. The second-order valence-corrected chi connectivity index (χ2v) is 4.44. The molecule has 2 aliphatic heterocycles. The Morgan fingerprint density at radius 3 is 2.88 bits per heavy atom. The van der Waals surface area contributed by atoms with Gasteiger partial charge in [-0.25, -0.2) is 4.79 Å². The van der Waals surface area contributed by atoms with E-state index >= 15 is 0 Å². The Bertz CT molecular complexity index is 399. The van der Waals surface area contributed by atoms with Crippen molar-refractivity contribution in [2.75, 3.05) is 33.4 Å². The Hall–Kier alpha value is -1.34. The second kappa shape index (κ2) is 5.33. The molecule has 0 aliphatic carbocycles. The predicted molar refractivity (Wildman–Crippen MR) is 62.5 cm³/mol. The number of aliphatic imine (C=N–C) groups is 1. The highest BCUT2D eigenvalue weighted by Gasteiger charge is 2.27.